The molecule has 86 valence electrons. The van der Waals surface area contributed by atoms with Gasteiger partial charge < -0.3 is 9.47 Å². The zero-order valence-electron chi connectivity index (χ0n) is 9.44. The molecule has 0 saturated carbocycles. The normalized spacial score (nSPS) is 41.8. The van der Waals surface area contributed by atoms with E-state index >= 15 is 0 Å². The van der Waals surface area contributed by atoms with Crippen molar-refractivity contribution in [3.05, 3.63) is 0 Å². The lowest BCUT2D eigenvalue weighted by atomic mass is 9.57. The van der Waals surface area contributed by atoms with E-state index in [2.05, 4.69) is 0 Å². The van der Waals surface area contributed by atoms with Gasteiger partial charge in [0, 0.05) is 6.92 Å². The monoisotopic (exact) mass is 230 g/mol. The summed E-state index contributed by atoms with van der Waals surface area (Å²) in [5, 5.41) is 35.7. The highest BCUT2D eigenvalue weighted by Crippen LogP contribution is 2.59. The number of rotatable bonds is 0. The fraction of sp³-hybridized carbons (Fsp3) is 0.636. The molecular weight excluding hydrogens is 220 g/mol. The molecular formula is C11H10N4O2. The van der Waals surface area contributed by atoms with E-state index in [0.29, 0.717) is 0 Å². The van der Waals surface area contributed by atoms with Crippen LogP contribution in [0.15, 0.2) is 0 Å². The Kier molecular flexibility index (Phi) is 1.99. The first-order valence-electron chi connectivity index (χ1n) is 5.08. The van der Waals surface area contributed by atoms with Crippen molar-refractivity contribution >= 4 is 5.90 Å². The number of nitrogens with one attached hydrogen (secondary N) is 1. The van der Waals surface area contributed by atoms with Gasteiger partial charge in [-0.3, -0.25) is 5.41 Å². The van der Waals surface area contributed by atoms with Crippen molar-refractivity contribution in [3.63, 3.8) is 0 Å². The lowest BCUT2D eigenvalue weighted by Gasteiger charge is -2.42. The summed E-state index contributed by atoms with van der Waals surface area (Å²) in [6, 6.07) is 5.62. The van der Waals surface area contributed by atoms with Gasteiger partial charge in [-0.15, -0.1) is 0 Å². The third kappa shape index (κ3) is 0.934. The summed E-state index contributed by atoms with van der Waals surface area (Å²) in [6.45, 7) is 3.05. The minimum Gasteiger partial charge on any atom is -0.448 e. The van der Waals surface area contributed by atoms with E-state index in [1.807, 2.05) is 18.2 Å². The van der Waals surface area contributed by atoms with Gasteiger partial charge in [0.05, 0.1) is 30.7 Å². The summed E-state index contributed by atoms with van der Waals surface area (Å²) in [5.41, 5.74) is -3.24. The van der Waals surface area contributed by atoms with Crippen LogP contribution in [0.5, 0.6) is 0 Å². The van der Waals surface area contributed by atoms with Crippen LogP contribution in [0.2, 0.25) is 0 Å². The maximum absolute atomic E-state index is 9.39. The lowest BCUT2D eigenvalue weighted by molar-refractivity contribution is -0.230. The maximum Gasteiger partial charge on any atom is 0.214 e. The van der Waals surface area contributed by atoms with Crippen LogP contribution in [0.25, 0.3) is 0 Å². The SMILES string of the molecule is C[C@@H]1[C@@]2(C)OCC(C#N)(C#N)[C@@]1(C#N)C(=N)O2. The van der Waals surface area contributed by atoms with Gasteiger partial charge >= 0.3 is 0 Å². The van der Waals surface area contributed by atoms with Crippen molar-refractivity contribution in [3.8, 4) is 18.2 Å². The van der Waals surface area contributed by atoms with Crippen LogP contribution < -0.4 is 0 Å². The van der Waals surface area contributed by atoms with E-state index in [4.69, 9.17) is 14.9 Å². The molecule has 2 bridgehead atoms. The second-order valence-electron chi connectivity index (χ2n) is 4.51. The quantitative estimate of drug-likeness (QED) is 0.664. The van der Waals surface area contributed by atoms with Gasteiger partial charge in [-0.05, 0) is 0 Å². The average molecular weight is 230 g/mol. The largest absolute Gasteiger partial charge is 0.448 e. The number of nitrogens with zero attached hydrogens (tertiary/aromatic N) is 3. The van der Waals surface area contributed by atoms with Crippen molar-refractivity contribution in [1.82, 2.24) is 0 Å². The molecule has 2 heterocycles. The molecule has 17 heavy (non-hydrogen) atoms. The van der Waals surface area contributed by atoms with Crippen molar-refractivity contribution in [1.29, 1.82) is 21.2 Å². The van der Waals surface area contributed by atoms with Crippen LogP contribution in [0.1, 0.15) is 13.8 Å². The standard InChI is InChI=1S/C11H10N4O2/c1-7-9(2)16-6-10(3-12,4-13)11(7,5-14)8(15)17-9/h7,15H,6H2,1-2H3/t7-,9+,11-/m1/s1. The Labute approximate surface area is 98.5 Å². The number of fused-ring (bicyclic) bond motifs is 2. The molecule has 2 aliphatic heterocycles. The van der Waals surface area contributed by atoms with Crippen LogP contribution in [0.4, 0.5) is 0 Å². The van der Waals surface area contributed by atoms with Crippen molar-refractivity contribution < 1.29 is 9.47 Å². The van der Waals surface area contributed by atoms with Crippen LogP contribution in [0.3, 0.4) is 0 Å². The molecule has 2 rings (SSSR count). The topological polar surface area (TPSA) is 114 Å². The highest BCUT2D eigenvalue weighted by molar-refractivity contribution is 5.88. The first-order valence-corrected chi connectivity index (χ1v) is 5.08. The molecule has 0 radical (unpaired) electrons. The van der Waals surface area contributed by atoms with Gasteiger partial charge in [0.2, 0.25) is 11.7 Å². The van der Waals surface area contributed by atoms with Gasteiger partial charge in [-0.2, -0.15) is 15.8 Å². The van der Waals surface area contributed by atoms with E-state index < -0.39 is 22.5 Å². The Bertz CT molecular complexity index is 509. The lowest BCUT2D eigenvalue weighted by Crippen LogP contribution is -2.56. The van der Waals surface area contributed by atoms with Gasteiger partial charge in [0.1, 0.15) is 0 Å². The first kappa shape index (κ1) is 11.4. The number of nitriles is 3. The van der Waals surface area contributed by atoms with E-state index in [1.54, 1.807) is 13.8 Å². The number of hydrogen-bond acceptors (Lipinski definition) is 6. The summed E-state index contributed by atoms with van der Waals surface area (Å²) in [4.78, 5) is 0. The molecule has 2 fully saturated rings. The molecule has 0 amide bonds. The average Bonchev–Trinajstić information content (AvgIpc) is 2.46. The van der Waals surface area contributed by atoms with Crippen LogP contribution in [-0.4, -0.2) is 18.3 Å². The molecule has 2 saturated heterocycles. The van der Waals surface area contributed by atoms with E-state index in [9.17, 15) is 15.8 Å². The summed E-state index contributed by atoms with van der Waals surface area (Å²) < 4.78 is 10.7. The Morgan fingerprint density at radius 2 is 1.88 bits per heavy atom. The van der Waals surface area contributed by atoms with Crippen molar-refractivity contribution in [2.45, 2.75) is 19.6 Å². The second kappa shape index (κ2) is 2.97. The molecule has 0 spiro atoms. The Balaban J connectivity index is 2.74. The summed E-state index contributed by atoms with van der Waals surface area (Å²) in [6.07, 6.45) is 0. The van der Waals surface area contributed by atoms with Gasteiger partial charge in [-0.1, -0.05) is 6.92 Å². The zero-order valence-corrected chi connectivity index (χ0v) is 9.44. The Morgan fingerprint density at radius 3 is 2.35 bits per heavy atom. The van der Waals surface area contributed by atoms with Gasteiger partial charge in [0.15, 0.2) is 10.8 Å². The van der Waals surface area contributed by atoms with E-state index in [-0.39, 0.29) is 12.5 Å². The summed E-state index contributed by atoms with van der Waals surface area (Å²) in [7, 11) is 0. The molecule has 0 aromatic carbocycles. The third-order valence-corrected chi connectivity index (χ3v) is 3.91. The number of hydrogen-bond donors (Lipinski definition) is 1. The minimum atomic E-state index is -1.69. The van der Waals surface area contributed by atoms with Crippen LogP contribution in [0, 0.1) is 56.2 Å². The highest BCUT2D eigenvalue weighted by Gasteiger charge is 2.74. The maximum atomic E-state index is 9.39. The van der Waals surface area contributed by atoms with Crippen molar-refractivity contribution in [2.24, 2.45) is 16.7 Å². The third-order valence-electron chi connectivity index (χ3n) is 3.91. The van der Waals surface area contributed by atoms with Gasteiger partial charge in [-0.25, -0.2) is 0 Å². The molecule has 2 aliphatic rings. The van der Waals surface area contributed by atoms with Crippen molar-refractivity contribution in [2.75, 3.05) is 6.61 Å². The summed E-state index contributed by atoms with van der Waals surface area (Å²) >= 11 is 0. The van der Waals surface area contributed by atoms with Crippen LogP contribution >= 0.6 is 0 Å². The van der Waals surface area contributed by atoms with E-state index in [1.165, 1.54) is 0 Å². The number of ether oxygens (including phenoxy) is 2. The highest BCUT2D eigenvalue weighted by atomic mass is 16.7. The molecule has 0 aromatic heterocycles. The molecule has 0 unspecified atom stereocenters. The molecule has 6 nitrogen and oxygen atoms in total. The molecule has 0 aliphatic carbocycles. The van der Waals surface area contributed by atoms with Crippen LogP contribution in [-0.2, 0) is 9.47 Å². The van der Waals surface area contributed by atoms with E-state index in [0.717, 1.165) is 0 Å². The molecule has 0 aromatic rings. The Morgan fingerprint density at radius 1 is 1.29 bits per heavy atom. The fourth-order valence-corrected chi connectivity index (χ4v) is 2.55. The fourth-order valence-electron chi connectivity index (χ4n) is 2.55. The summed E-state index contributed by atoms with van der Waals surface area (Å²) in [5.74, 6) is -2.01. The smallest absolute Gasteiger partial charge is 0.214 e. The molecule has 3 atom stereocenters. The molecule has 6 heteroatoms. The predicted octanol–water partition coefficient (Wildman–Crippen LogP) is 0.920. The first-order chi connectivity index (χ1) is 7.92. The predicted molar refractivity (Wildman–Crippen MR) is 54.0 cm³/mol. The second-order valence-corrected chi connectivity index (χ2v) is 4.51. The van der Waals surface area contributed by atoms with Gasteiger partial charge in [0.25, 0.3) is 0 Å². The zero-order chi connectivity index (χ0) is 12.9. The molecule has 1 N–H and O–H groups in total. The Hall–Kier alpha value is -2.10. The minimum absolute atomic E-state index is 0.225.